The molecule has 2 aromatic carbocycles. The third kappa shape index (κ3) is 4.44. The molecule has 0 bridgehead atoms. The molecule has 0 fully saturated rings. The van der Waals surface area contributed by atoms with Crippen LogP contribution in [0.5, 0.6) is 0 Å². The van der Waals surface area contributed by atoms with Crippen molar-refractivity contribution in [1.29, 1.82) is 0 Å². The molecule has 0 aliphatic carbocycles. The predicted molar refractivity (Wildman–Crippen MR) is 111 cm³/mol. The lowest BCUT2D eigenvalue weighted by atomic mass is 10.1. The van der Waals surface area contributed by atoms with E-state index in [2.05, 4.69) is 15.4 Å². The summed E-state index contributed by atoms with van der Waals surface area (Å²) >= 11 is 5.81. The average molecular weight is 443 g/mol. The zero-order chi connectivity index (χ0) is 22.0. The normalized spacial score (nSPS) is 11.4. The summed E-state index contributed by atoms with van der Waals surface area (Å²) in [5.41, 5.74) is 0.293. The van der Waals surface area contributed by atoms with Crippen molar-refractivity contribution in [1.82, 2.24) is 14.8 Å². The van der Waals surface area contributed by atoms with Crippen molar-refractivity contribution >= 4 is 23.2 Å². The van der Waals surface area contributed by atoms with Gasteiger partial charge in [0, 0.05) is 28.7 Å². The van der Waals surface area contributed by atoms with E-state index in [1.165, 1.54) is 24.3 Å². The summed E-state index contributed by atoms with van der Waals surface area (Å²) in [6.45, 7) is 0. The Morgan fingerprint density at radius 1 is 0.968 bits per heavy atom. The van der Waals surface area contributed by atoms with Crippen LogP contribution in [0.2, 0.25) is 5.02 Å². The first-order valence-corrected chi connectivity index (χ1v) is 9.44. The third-order valence-electron chi connectivity index (χ3n) is 4.47. The van der Waals surface area contributed by atoms with Crippen LogP contribution in [-0.4, -0.2) is 20.7 Å². The summed E-state index contributed by atoms with van der Waals surface area (Å²) in [5.74, 6) is -0.920. The van der Waals surface area contributed by atoms with Crippen LogP contribution in [0.3, 0.4) is 0 Å². The fraction of sp³-hybridized carbons (Fsp3) is 0.0455. The van der Waals surface area contributed by atoms with Gasteiger partial charge in [-0.1, -0.05) is 29.8 Å². The van der Waals surface area contributed by atoms with Crippen molar-refractivity contribution in [2.24, 2.45) is 0 Å². The van der Waals surface area contributed by atoms with Crippen LogP contribution in [0.25, 0.3) is 16.8 Å². The molecule has 0 saturated carbocycles. The number of nitrogens with zero attached hydrogens (tertiary/aromatic N) is 3. The van der Waals surface area contributed by atoms with E-state index < -0.39 is 23.3 Å². The van der Waals surface area contributed by atoms with Gasteiger partial charge in [-0.15, -0.1) is 0 Å². The van der Waals surface area contributed by atoms with E-state index in [1.807, 2.05) is 12.1 Å². The number of hydrogen-bond acceptors (Lipinski definition) is 3. The molecule has 2 heterocycles. The highest BCUT2D eigenvalue weighted by molar-refractivity contribution is 6.30. The first kappa shape index (κ1) is 20.6. The molecule has 0 unspecified atom stereocenters. The van der Waals surface area contributed by atoms with Gasteiger partial charge in [0.15, 0.2) is 5.69 Å². The molecule has 4 aromatic rings. The molecule has 9 heteroatoms. The summed E-state index contributed by atoms with van der Waals surface area (Å²) in [5, 5.41) is 6.69. The van der Waals surface area contributed by atoms with Crippen molar-refractivity contribution in [3.63, 3.8) is 0 Å². The standard InChI is InChI=1S/C22H14ClF3N4O/c23-16-6-8-18(9-7-16)30-20(22(24,25)26)19(13-28-30)21(31)29-17-5-1-3-14(11-17)15-4-2-10-27-12-15/h1-13H,(H,29,31). The summed E-state index contributed by atoms with van der Waals surface area (Å²) < 4.78 is 42.1. The van der Waals surface area contributed by atoms with Gasteiger partial charge in [0.25, 0.3) is 5.91 Å². The summed E-state index contributed by atoms with van der Waals surface area (Å²) in [6, 6.07) is 16.0. The number of halogens is 4. The number of carbonyl (C=O) groups excluding carboxylic acids is 1. The fourth-order valence-electron chi connectivity index (χ4n) is 3.07. The van der Waals surface area contributed by atoms with Gasteiger partial charge in [-0.05, 0) is 48.0 Å². The molecule has 31 heavy (non-hydrogen) atoms. The minimum absolute atomic E-state index is 0.134. The SMILES string of the molecule is O=C(Nc1cccc(-c2cccnc2)c1)c1cnn(-c2ccc(Cl)cc2)c1C(F)(F)F. The van der Waals surface area contributed by atoms with Crippen LogP contribution >= 0.6 is 11.6 Å². The minimum Gasteiger partial charge on any atom is -0.322 e. The zero-order valence-electron chi connectivity index (χ0n) is 15.8. The fourth-order valence-corrected chi connectivity index (χ4v) is 3.20. The molecule has 2 aromatic heterocycles. The van der Waals surface area contributed by atoms with E-state index in [-0.39, 0.29) is 5.69 Å². The maximum atomic E-state index is 13.8. The molecule has 1 N–H and O–H groups in total. The number of pyridine rings is 1. The molecule has 0 radical (unpaired) electrons. The third-order valence-corrected chi connectivity index (χ3v) is 4.72. The number of amides is 1. The topological polar surface area (TPSA) is 59.8 Å². The van der Waals surface area contributed by atoms with Gasteiger partial charge in [0.05, 0.1) is 17.4 Å². The number of hydrogen-bond donors (Lipinski definition) is 1. The van der Waals surface area contributed by atoms with Crippen LogP contribution in [0.1, 0.15) is 16.1 Å². The molecule has 5 nitrogen and oxygen atoms in total. The second kappa shape index (κ2) is 8.23. The first-order valence-electron chi connectivity index (χ1n) is 9.06. The van der Waals surface area contributed by atoms with Crippen LogP contribution in [0.15, 0.2) is 79.3 Å². The molecule has 0 aliphatic heterocycles. The smallest absolute Gasteiger partial charge is 0.322 e. The molecular formula is C22H14ClF3N4O. The van der Waals surface area contributed by atoms with Gasteiger partial charge in [-0.3, -0.25) is 9.78 Å². The largest absolute Gasteiger partial charge is 0.434 e. The Bertz CT molecular complexity index is 1220. The number of benzene rings is 2. The monoisotopic (exact) mass is 442 g/mol. The molecular weight excluding hydrogens is 429 g/mol. The number of nitrogens with one attached hydrogen (secondary N) is 1. The lowest BCUT2D eigenvalue weighted by Crippen LogP contribution is -2.20. The molecule has 4 rings (SSSR count). The minimum atomic E-state index is -4.81. The van der Waals surface area contributed by atoms with Gasteiger partial charge >= 0.3 is 6.18 Å². The van der Waals surface area contributed by atoms with Crippen LogP contribution in [0, 0.1) is 0 Å². The first-order chi connectivity index (χ1) is 14.8. The van der Waals surface area contributed by atoms with Crippen LogP contribution < -0.4 is 5.32 Å². The second-order valence-corrected chi connectivity index (χ2v) is 7.01. The van der Waals surface area contributed by atoms with E-state index in [0.717, 1.165) is 17.3 Å². The Balaban J connectivity index is 1.67. The molecule has 156 valence electrons. The summed E-state index contributed by atoms with van der Waals surface area (Å²) in [4.78, 5) is 16.8. The van der Waals surface area contributed by atoms with E-state index in [1.54, 1.807) is 36.7 Å². The highest BCUT2D eigenvalue weighted by Gasteiger charge is 2.40. The number of rotatable bonds is 4. The highest BCUT2D eigenvalue weighted by atomic mass is 35.5. The van der Waals surface area contributed by atoms with Gasteiger partial charge in [-0.2, -0.15) is 18.3 Å². The van der Waals surface area contributed by atoms with Crippen molar-refractivity contribution < 1.29 is 18.0 Å². The Morgan fingerprint density at radius 3 is 2.39 bits per heavy atom. The molecule has 0 aliphatic rings. The Labute approximate surface area is 180 Å². The van der Waals surface area contributed by atoms with Crippen LogP contribution in [0.4, 0.5) is 18.9 Å². The van der Waals surface area contributed by atoms with Crippen molar-refractivity contribution in [2.75, 3.05) is 5.32 Å². The van der Waals surface area contributed by atoms with Crippen LogP contribution in [-0.2, 0) is 6.18 Å². The number of anilines is 1. The maximum absolute atomic E-state index is 13.8. The summed E-state index contributed by atoms with van der Waals surface area (Å²) in [6.07, 6.45) is -0.622. The average Bonchev–Trinajstić information content (AvgIpc) is 3.21. The molecule has 0 saturated heterocycles. The number of carbonyl (C=O) groups is 1. The van der Waals surface area contributed by atoms with Crippen molar-refractivity contribution in [3.8, 4) is 16.8 Å². The zero-order valence-corrected chi connectivity index (χ0v) is 16.5. The maximum Gasteiger partial charge on any atom is 0.434 e. The molecule has 0 atom stereocenters. The van der Waals surface area contributed by atoms with E-state index in [0.29, 0.717) is 15.4 Å². The van der Waals surface area contributed by atoms with Crippen molar-refractivity contribution in [2.45, 2.75) is 6.18 Å². The summed E-state index contributed by atoms with van der Waals surface area (Å²) in [7, 11) is 0. The van der Waals surface area contributed by atoms with E-state index in [9.17, 15) is 18.0 Å². The van der Waals surface area contributed by atoms with Gasteiger partial charge in [-0.25, -0.2) is 4.68 Å². The van der Waals surface area contributed by atoms with Gasteiger partial charge in [0.2, 0.25) is 0 Å². The quantitative estimate of drug-likeness (QED) is 0.430. The Hall–Kier alpha value is -3.65. The Morgan fingerprint density at radius 2 is 1.71 bits per heavy atom. The lowest BCUT2D eigenvalue weighted by molar-refractivity contribution is -0.143. The van der Waals surface area contributed by atoms with Gasteiger partial charge < -0.3 is 5.32 Å². The van der Waals surface area contributed by atoms with E-state index in [4.69, 9.17) is 11.6 Å². The highest BCUT2D eigenvalue weighted by Crippen LogP contribution is 2.34. The lowest BCUT2D eigenvalue weighted by Gasteiger charge is -2.13. The van der Waals surface area contributed by atoms with E-state index >= 15 is 0 Å². The second-order valence-electron chi connectivity index (χ2n) is 6.57. The van der Waals surface area contributed by atoms with Gasteiger partial charge in [0.1, 0.15) is 0 Å². The predicted octanol–water partition coefficient (Wildman–Crippen LogP) is 5.86. The Kier molecular flexibility index (Phi) is 5.48. The number of aromatic nitrogens is 3. The molecule has 0 spiro atoms. The molecule has 1 amide bonds. The number of alkyl halides is 3. The van der Waals surface area contributed by atoms with Crippen molar-refractivity contribution in [3.05, 3.63) is 95.5 Å².